The van der Waals surface area contributed by atoms with Crippen LogP contribution in [0.25, 0.3) is 0 Å². The van der Waals surface area contributed by atoms with Crippen LogP contribution in [0.1, 0.15) is 0 Å². The molecule has 88 valence electrons. The van der Waals surface area contributed by atoms with Crippen molar-refractivity contribution in [2.75, 3.05) is 22.6 Å². The van der Waals surface area contributed by atoms with Crippen LogP contribution in [-0.2, 0) is 9.84 Å². The van der Waals surface area contributed by atoms with Crippen LogP contribution < -0.4 is 11.1 Å². The number of nitrogen functional groups attached to an aromatic ring is 1. The summed E-state index contributed by atoms with van der Waals surface area (Å²) >= 11 is 0. The summed E-state index contributed by atoms with van der Waals surface area (Å²) in [7, 11) is -3.12. The van der Waals surface area contributed by atoms with Gasteiger partial charge in [0, 0.05) is 11.4 Å². The van der Waals surface area contributed by atoms with Crippen molar-refractivity contribution in [3.63, 3.8) is 0 Å². The molecular weight excluding hydrogens is 228 g/mol. The fourth-order valence-corrected chi connectivity index (χ4v) is 3.55. The zero-order valence-corrected chi connectivity index (χ0v) is 9.44. The fraction of sp³-hybridized carbons (Fsp3) is 0.400. The van der Waals surface area contributed by atoms with Gasteiger partial charge in [-0.2, -0.15) is 0 Å². The number of nitrogens with two attached hydrogens (primary N) is 1. The van der Waals surface area contributed by atoms with Crippen molar-refractivity contribution in [2.45, 2.75) is 12.1 Å². The van der Waals surface area contributed by atoms with Gasteiger partial charge >= 0.3 is 0 Å². The Balaban J connectivity index is 2.11. The molecule has 1 heterocycles. The van der Waals surface area contributed by atoms with E-state index < -0.39 is 22.0 Å². The van der Waals surface area contributed by atoms with Gasteiger partial charge in [0.1, 0.15) is 0 Å². The van der Waals surface area contributed by atoms with Crippen LogP contribution in [0.4, 0.5) is 11.4 Å². The van der Waals surface area contributed by atoms with Gasteiger partial charge in [-0.25, -0.2) is 8.42 Å². The lowest BCUT2D eigenvalue weighted by molar-refractivity contribution is 0.190. The van der Waals surface area contributed by atoms with Crippen molar-refractivity contribution in [1.29, 1.82) is 0 Å². The van der Waals surface area contributed by atoms with E-state index in [1.165, 1.54) is 0 Å². The molecule has 2 atom stereocenters. The van der Waals surface area contributed by atoms with E-state index in [1.54, 1.807) is 24.3 Å². The van der Waals surface area contributed by atoms with Gasteiger partial charge < -0.3 is 16.2 Å². The molecule has 1 aromatic carbocycles. The van der Waals surface area contributed by atoms with Crippen LogP contribution in [0.15, 0.2) is 24.3 Å². The third-order valence-electron chi connectivity index (χ3n) is 2.56. The molecule has 2 rings (SSSR count). The average Bonchev–Trinajstić information content (AvgIpc) is 2.39. The summed E-state index contributed by atoms with van der Waals surface area (Å²) in [6, 6.07) is 6.55. The van der Waals surface area contributed by atoms with Crippen LogP contribution in [0.5, 0.6) is 0 Å². The maximum absolute atomic E-state index is 11.3. The summed E-state index contributed by atoms with van der Waals surface area (Å²) in [6.45, 7) is 0. The monoisotopic (exact) mass is 242 g/mol. The molecule has 1 aromatic rings. The summed E-state index contributed by atoms with van der Waals surface area (Å²) in [5, 5.41) is 12.6. The first-order valence-electron chi connectivity index (χ1n) is 4.97. The molecule has 0 bridgehead atoms. The van der Waals surface area contributed by atoms with E-state index in [-0.39, 0.29) is 11.5 Å². The predicted molar refractivity (Wildman–Crippen MR) is 62.9 cm³/mol. The second kappa shape index (κ2) is 3.95. The van der Waals surface area contributed by atoms with Gasteiger partial charge in [0.25, 0.3) is 0 Å². The normalized spacial score (nSPS) is 27.8. The van der Waals surface area contributed by atoms with E-state index in [9.17, 15) is 13.5 Å². The summed E-state index contributed by atoms with van der Waals surface area (Å²) in [5.41, 5.74) is 6.92. The van der Waals surface area contributed by atoms with Crippen molar-refractivity contribution in [3.8, 4) is 0 Å². The quantitative estimate of drug-likeness (QED) is 0.627. The zero-order chi connectivity index (χ0) is 11.8. The Labute approximate surface area is 94.2 Å². The van der Waals surface area contributed by atoms with Crippen LogP contribution in [0.3, 0.4) is 0 Å². The fourth-order valence-electron chi connectivity index (χ4n) is 1.81. The Hall–Kier alpha value is -1.27. The molecule has 1 saturated heterocycles. The number of hydrogen-bond donors (Lipinski definition) is 3. The number of aliphatic hydroxyl groups is 1. The maximum Gasteiger partial charge on any atom is 0.155 e. The van der Waals surface area contributed by atoms with Crippen LogP contribution in [0, 0.1) is 0 Å². The number of anilines is 2. The Bertz CT molecular complexity index is 487. The molecule has 6 heteroatoms. The third kappa shape index (κ3) is 2.45. The highest BCUT2D eigenvalue weighted by molar-refractivity contribution is 7.91. The molecule has 1 aliphatic heterocycles. The van der Waals surface area contributed by atoms with Crippen LogP contribution >= 0.6 is 0 Å². The molecule has 1 aliphatic rings. The molecular formula is C10H14N2O3S. The molecule has 16 heavy (non-hydrogen) atoms. The topological polar surface area (TPSA) is 92.4 Å². The Morgan fingerprint density at radius 1 is 1.38 bits per heavy atom. The molecule has 1 fully saturated rings. The molecule has 4 N–H and O–H groups in total. The Morgan fingerprint density at radius 3 is 2.69 bits per heavy atom. The lowest BCUT2D eigenvalue weighted by atomic mass is 10.2. The van der Waals surface area contributed by atoms with Gasteiger partial charge in [-0.1, -0.05) is 6.07 Å². The number of benzene rings is 1. The summed E-state index contributed by atoms with van der Waals surface area (Å²) in [6.07, 6.45) is -0.855. The van der Waals surface area contributed by atoms with Crippen molar-refractivity contribution in [2.24, 2.45) is 0 Å². The van der Waals surface area contributed by atoms with E-state index in [4.69, 9.17) is 5.73 Å². The number of hydrogen-bond acceptors (Lipinski definition) is 5. The second-order valence-corrected chi connectivity index (χ2v) is 6.17. The summed E-state index contributed by atoms with van der Waals surface area (Å²) < 4.78 is 22.6. The molecule has 0 spiro atoms. The predicted octanol–water partition coefficient (Wildman–Crippen LogP) is -0.161. The van der Waals surface area contributed by atoms with E-state index >= 15 is 0 Å². The van der Waals surface area contributed by atoms with Gasteiger partial charge in [-0.3, -0.25) is 0 Å². The molecule has 5 nitrogen and oxygen atoms in total. The standard InChI is InChI=1S/C10H14N2O3S/c11-7-2-1-3-8(4-7)12-9-5-16(14,15)6-10(9)13/h1-4,9-10,12-13H,5-6,11H2/t9-,10-/m1/s1. The maximum atomic E-state index is 11.3. The summed E-state index contributed by atoms with van der Waals surface area (Å²) in [5.74, 6) is -0.212. The minimum absolute atomic E-state index is 0.0387. The van der Waals surface area contributed by atoms with Gasteiger partial charge in [0.2, 0.25) is 0 Å². The highest BCUT2D eigenvalue weighted by Gasteiger charge is 2.36. The smallest absolute Gasteiger partial charge is 0.155 e. The highest BCUT2D eigenvalue weighted by atomic mass is 32.2. The molecule has 0 unspecified atom stereocenters. The van der Waals surface area contributed by atoms with Crippen molar-refractivity contribution in [3.05, 3.63) is 24.3 Å². The number of rotatable bonds is 2. The number of nitrogens with one attached hydrogen (secondary N) is 1. The molecule has 0 saturated carbocycles. The van der Waals surface area contributed by atoms with Crippen LogP contribution in [0.2, 0.25) is 0 Å². The van der Waals surface area contributed by atoms with Crippen molar-refractivity contribution in [1.82, 2.24) is 0 Å². The first kappa shape index (κ1) is 11.2. The Kier molecular flexibility index (Phi) is 2.77. The number of aliphatic hydroxyl groups excluding tert-OH is 1. The van der Waals surface area contributed by atoms with Gasteiger partial charge in [-0.15, -0.1) is 0 Å². The third-order valence-corrected chi connectivity index (χ3v) is 4.28. The SMILES string of the molecule is Nc1cccc(N[C@@H]2CS(=O)(=O)C[C@H]2O)c1. The first-order valence-corrected chi connectivity index (χ1v) is 6.79. The van der Waals surface area contributed by atoms with Gasteiger partial charge in [0.05, 0.1) is 23.7 Å². The average molecular weight is 242 g/mol. The van der Waals surface area contributed by atoms with E-state index in [1.807, 2.05) is 0 Å². The second-order valence-electron chi connectivity index (χ2n) is 4.02. The molecule has 0 aliphatic carbocycles. The van der Waals surface area contributed by atoms with Gasteiger partial charge in [0.15, 0.2) is 9.84 Å². The van der Waals surface area contributed by atoms with Crippen LogP contribution in [-0.4, -0.2) is 37.2 Å². The van der Waals surface area contributed by atoms with Crippen molar-refractivity contribution >= 4 is 21.2 Å². The molecule has 0 amide bonds. The van der Waals surface area contributed by atoms with E-state index in [0.717, 1.165) is 5.69 Å². The van der Waals surface area contributed by atoms with E-state index in [2.05, 4.69) is 5.32 Å². The minimum Gasteiger partial charge on any atom is -0.399 e. The minimum atomic E-state index is -3.12. The molecule has 0 radical (unpaired) electrons. The molecule has 0 aromatic heterocycles. The summed E-state index contributed by atoms with van der Waals surface area (Å²) in [4.78, 5) is 0. The first-order chi connectivity index (χ1) is 7.46. The highest BCUT2D eigenvalue weighted by Crippen LogP contribution is 2.19. The Morgan fingerprint density at radius 2 is 2.12 bits per heavy atom. The zero-order valence-electron chi connectivity index (χ0n) is 8.63. The van der Waals surface area contributed by atoms with Gasteiger partial charge in [-0.05, 0) is 18.2 Å². The van der Waals surface area contributed by atoms with E-state index in [0.29, 0.717) is 5.69 Å². The lowest BCUT2D eigenvalue weighted by Crippen LogP contribution is -2.31. The van der Waals surface area contributed by atoms with Crippen molar-refractivity contribution < 1.29 is 13.5 Å². The lowest BCUT2D eigenvalue weighted by Gasteiger charge is -2.16. The largest absolute Gasteiger partial charge is 0.399 e. The number of sulfone groups is 1.